The van der Waals surface area contributed by atoms with Gasteiger partial charge in [-0.05, 0) is 81.2 Å². The molecular weight excluding hydrogens is 400 g/mol. The van der Waals surface area contributed by atoms with Gasteiger partial charge in [0.1, 0.15) is 12.4 Å². The first-order valence-electron chi connectivity index (χ1n) is 11.3. The highest BCUT2D eigenvalue weighted by Gasteiger charge is 2.47. The number of rotatable bonds is 7. The molecule has 1 aliphatic carbocycles. The molecule has 0 radical (unpaired) electrons. The first-order valence-corrected chi connectivity index (χ1v) is 11.3. The third-order valence-corrected chi connectivity index (χ3v) is 6.96. The Bertz CT molecular complexity index is 1170. The van der Waals surface area contributed by atoms with Gasteiger partial charge in [0.05, 0.1) is 11.1 Å². The quantitative estimate of drug-likeness (QED) is 0.591. The molecule has 3 aromatic rings. The van der Waals surface area contributed by atoms with Crippen LogP contribution in [0.4, 0.5) is 5.69 Å². The zero-order valence-electron chi connectivity index (χ0n) is 18.9. The van der Waals surface area contributed by atoms with Crippen molar-refractivity contribution in [1.82, 2.24) is 15.2 Å². The summed E-state index contributed by atoms with van der Waals surface area (Å²) in [4.78, 5) is 20.2. The van der Waals surface area contributed by atoms with E-state index >= 15 is 0 Å². The second-order valence-corrected chi connectivity index (χ2v) is 9.09. The van der Waals surface area contributed by atoms with Crippen LogP contribution in [-0.4, -0.2) is 49.1 Å². The van der Waals surface area contributed by atoms with Crippen LogP contribution in [0.3, 0.4) is 0 Å². The standard InChI is InChI=1S/C26H30N4O2/c1-17-6-7-20(32-16-19-8-12-30(19)3)15-22(17)25(31)29-26(9-10-26)23-13-18(27-2)14-24-21(23)5-4-11-28-24/h4-7,11,13-15,19,27H,8-10,12,16H2,1-3H3,(H,29,31)/t19-/m0/s1. The van der Waals surface area contributed by atoms with E-state index in [1.807, 2.05) is 44.3 Å². The Labute approximate surface area is 189 Å². The monoisotopic (exact) mass is 430 g/mol. The lowest BCUT2D eigenvalue weighted by Crippen LogP contribution is -2.48. The molecule has 6 heteroatoms. The number of nitrogens with one attached hydrogen (secondary N) is 2. The number of amides is 1. The first-order chi connectivity index (χ1) is 15.5. The normalized spacial score (nSPS) is 19.3. The number of hydrogen-bond acceptors (Lipinski definition) is 5. The van der Waals surface area contributed by atoms with Crippen molar-refractivity contribution in [2.45, 2.75) is 37.8 Å². The lowest BCUT2D eigenvalue weighted by Gasteiger charge is -2.37. The molecule has 2 aromatic carbocycles. The summed E-state index contributed by atoms with van der Waals surface area (Å²) < 4.78 is 6.01. The van der Waals surface area contributed by atoms with Gasteiger partial charge in [-0.15, -0.1) is 0 Å². The van der Waals surface area contributed by atoms with Crippen LogP contribution in [0.25, 0.3) is 10.9 Å². The maximum Gasteiger partial charge on any atom is 0.252 e. The van der Waals surface area contributed by atoms with Crippen LogP contribution in [-0.2, 0) is 5.54 Å². The molecule has 1 saturated carbocycles. The summed E-state index contributed by atoms with van der Waals surface area (Å²) in [5.74, 6) is 0.691. The van der Waals surface area contributed by atoms with Crippen LogP contribution >= 0.6 is 0 Å². The highest BCUT2D eigenvalue weighted by atomic mass is 16.5. The van der Waals surface area contributed by atoms with Crippen molar-refractivity contribution in [2.24, 2.45) is 0 Å². The van der Waals surface area contributed by atoms with Crippen molar-refractivity contribution in [3.8, 4) is 5.75 Å². The van der Waals surface area contributed by atoms with E-state index in [1.165, 1.54) is 0 Å². The number of carbonyl (C=O) groups is 1. The van der Waals surface area contributed by atoms with Gasteiger partial charge < -0.3 is 15.4 Å². The summed E-state index contributed by atoms with van der Waals surface area (Å²) in [6.07, 6.45) is 4.80. The van der Waals surface area contributed by atoms with Gasteiger partial charge in [-0.2, -0.15) is 0 Å². The highest BCUT2D eigenvalue weighted by molar-refractivity contribution is 5.97. The number of fused-ring (bicyclic) bond motifs is 1. The van der Waals surface area contributed by atoms with Crippen LogP contribution in [0.1, 0.15) is 40.7 Å². The summed E-state index contributed by atoms with van der Waals surface area (Å²) in [5.41, 5.74) is 4.31. The minimum absolute atomic E-state index is 0.0573. The Hall–Kier alpha value is -3.12. The number of likely N-dealkylation sites (N-methyl/N-ethyl adjacent to an activating group) is 1. The van der Waals surface area contributed by atoms with Gasteiger partial charge in [-0.25, -0.2) is 0 Å². The summed E-state index contributed by atoms with van der Waals surface area (Å²) in [6.45, 7) is 3.75. The molecule has 1 atom stereocenters. The van der Waals surface area contributed by atoms with Crippen molar-refractivity contribution >= 4 is 22.5 Å². The average Bonchev–Trinajstić information content (AvgIpc) is 3.58. The Morgan fingerprint density at radius 1 is 1.25 bits per heavy atom. The number of anilines is 1. The molecule has 1 amide bonds. The fourth-order valence-electron chi connectivity index (χ4n) is 4.50. The van der Waals surface area contributed by atoms with E-state index in [0.717, 1.165) is 59.3 Å². The van der Waals surface area contributed by atoms with E-state index < -0.39 is 0 Å². The number of carbonyl (C=O) groups excluding carboxylic acids is 1. The van der Waals surface area contributed by atoms with Gasteiger partial charge in [0.15, 0.2) is 0 Å². The largest absolute Gasteiger partial charge is 0.492 e. The van der Waals surface area contributed by atoms with Crippen LogP contribution in [0.5, 0.6) is 5.75 Å². The molecule has 0 unspecified atom stereocenters. The van der Waals surface area contributed by atoms with E-state index in [4.69, 9.17) is 4.74 Å². The average molecular weight is 431 g/mol. The fraction of sp³-hybridized carbons (Fsp3) is 0.385. The summed E-state index contributed by atoms with van der Waals surface area (Å²) >= 11 is 0. The van der Waals surface area contributed by atoms with Crippen LogP contribution in [0.2, 0.25) is 0 Å². The van der Waals surface area contributed by atoms with Crippen molar-refractivity contribution in [3.63, 3.8) is 0 Å². The van der Waals surface area contributed by atoms with E-state index in [9.17, 15) is 4.79 Å². The maximum atomic E-state index is 13.4. The molecule has 0 spiro atoms. The van der Waals surface area contributed by atoms with E-state index in [1.54, 1.807) is 6.20 Å². The van der Waals surface area contributed by atoms with Crippen molar-refractivity contribution < 1.29 is 9.53 Å². The first kappa shape index (κ1) is 20.8. The predicted octanol–water partition coefficient (Wildman–Crippen LogP) is 4.09. The zero-order valence-corrected chi connectivity index (χ0v) is 18.9. The second kappa shape index (κ2) is 8.10. The van der Waals surface area contributed by atoms with Crippen LogP contribution in [0.15, 0.2) is 48.7 Å². The molecule has 2 aliphatic rings. The predicted molar refractivity (Wildman–Crippen MR) is 127 cm³/mol. The third-order valence-electron chi connectivity index (χ3n) is 6.96. The minimum Gasteiger partial charge on any atom is -0.492 e. The summed E-state index contributed by atoms with van der Waals surface area (Å²) in [6, 6.07) is 14.5. The molecular formula is C26H30N4O2. The SMILES string of the molecule is CNc1cc(C2(NC(=O)c3cc(OC[C@@H]4CCN4C)ccc3C)CC2)c2cccnc2c1. The molecule has 2 fully saturated rings. The fourth-order valence-corrected chi connectivity index (χ4v) is 4.50. The molecule has 32 heavy (non-hydrogen) atoms. The molecule has 2 heterocycles. The smallest absolute Gasteiger partial charge is 0.252 e. The molecule has 1 aliphatic heterocycles. The molecule has 2 N–H and O–H groups in total. The molecule has 6 nitrogen and oxygen atoms in total. The van der Waals surface area contributed by atoms with Gasteiger partial charge >= 0.3 is 0 Å². The summed E-state index contributed by atoms with van der Waals surface area (Å²) in [5, 5.41) is 7.66. The van der Waals surface area contributed by atoms with E-state index in [0.29, 0.717) is 18.2 Å². The zero-order chi connectivity index (χ0) is 22.3. The van der Waals surface area contributed by atoms with Crippen LogP contribution in [0, 0.1) is 6.92 Å². The molecule has 1 aromatic heterocycles. The van der Waals surface area contributed by atoms with Gasteiger partial charge in [0, 0.05) is 35.9 Å². The van der Waals surface area contributed by atoms with Gasteiger partial charge in [-0.3, -0.25) is 14.7 Å². The van der Waals surface area contributed by atoms with Gasteiger partial charge in [0.2, 0.25) is 0 Å². The number of ether oxygens (including phenoxy) is 1. The van der Waals surface area contributed by atoms with E-state index in [2.05, 4.69) is 39.7 Å². The number of likely N-dealkylation sites (tertiary alicyclic amines) is 1. The lowest BCUT2D eigenvalue weighted by molar-refractivity contribution is 0.0767. The summed E-state index contributed by atoms with van der Waals surface area (Å²) in [7, 11) is 4.02. The Kier molecular flexibility index (Phi) is 5.25. The Morgan fingerprint density at radius 2 is 2.09 bits per heavy atom. The molecule has 1 saturated heterocycles. The van der Waals surface area contributed by atoms with E-state index in [-0.39, 0.29) is 11.4 Å². The van der Waals surface area contributed by atoms with Crippen molar-refractivity contribution in [2.75, 3.05) is 32.6 Å². The Morgan fingerprint density at radius 3 is 2.78 bits per heavy atom. The minimum atomic E-state index is -0.358. The maximum absolute atomic E-state index is 13.4. The third kappa shape index (κ3) is 3.79. The van der Waals surface area contributed by atoms with Gasteiger partial charge in [0.25, 0.3) is 5.91 Å². The van der Waals surface area contributed by atoms with Crippen molar-refractivity contribution in [3.05, 3.63) is 65.4 Å². The lowest BCUT2D eigenvalue weighted by atomic mass is 9.97. The highest BCUT2D eigenvalue weighted by Crippen LogP contribution is 2.48. The molecule has 0 bridgehead atoms. The van der Waals surface area contributed by atoms with Crippen molar-refractivity contribution in [1.29, 1.82) is 0 Å². The topological polar surface area (TPSA) is 66.5 Å². The van der Waals surface area contributed by atoms with Crippen LogP contribution < -0.4 is 15.4 Å². The molecule has 5 rings (SSSR count). The second-order valence-electron chi connectivity index (χ2n) is 9.09. The number of benzene rings is 2. The number of nitrogens with zero attached hydrogens (tertiary/aromatic N) is 2. The number of aryl methyl sites for hydroxylation is 1. The number of pyridine rings is 1. The molecule has 166 valence electrons. The Balaban J connectivity index is 1.39. The number of hydrogen-bond donors (Lipinski definition) is 2. The van der Waals surface area contributed by atoms with Gasteiger partial charge in [-0.1, -0.05) is 12.1 Å². The number of aromatic nitrogens is 1.